The average molecular weight is 322 g/mol. The fourth-order valence-corrected chi connectivity index (χ4v) is 2.60. The molecule has 5 nitrogen and oxygen atoms in total. The number of amides is 1. The average Bonchev–Trinajstić information content (AvgIpc) is 2.55. The maximum Gasteiger partial charge on any atom is 0.336 e. The van der Waals surface area contributed by atoms with Crippen LogP contribution in [0.1, 0.15) is 11.1 Å². The highest BCUT2D eigenvalue weighted by atomic mass is 16.4. The van der Waals surface area contributed by atoms with Crippen molar-refractivity contribution in [3.8, 4) is 0 Å². The van der Waals surface area contributed by atoms with Gasteiger partial charge >= 0.3 is 5.63 Å². The first kappa shape index (κ1) is 16.0. The molecule has 3 aromatic rings. The Bertz CT molecular complexity index is 932. The lowest BCUT2D eigenvalue weighted by molar-refractivity contribution is -0.117. The lowest BCUT2D eigenvalue weighted by Gasteiger charge is -2.13. The quantitative estimate of drug-likeness (QED) is 0.723. The fraction of sp³-hybridized carbons (Fsp3) is 0.158. The summed E-state index contributed by atoms with van der Waals surface area (Å²) in [5.74, 6) is -0.284. The van der Waals surface area contributed by atoms with Crippen LogP contribution in [0.15, 0.2) is 63.8 Å². The second-order valence-corrected chi connectivity index (χ2v) is 5.74. The molecule has 2 aromatic carbocycles. The van der Waals surface area contributed by atoms with Crippen LogP contribution < -0.4 is 16.7 Å². The Kier molecular flexibility index (Phi) is 4.44. The summed E-state index contributed by atoms with van der Waals surface area (Å²) in [6.07, 6.45) is 0.453. The molecule has 1 atom stereocenters. The largest absolute Gasteiger partial charge is 0.423 e. The van der Waals surface area contributed by atoms with Gasteiger partial charge in [0.15, 0.2) is 0 Å². The zero-order valence-electron chi connectivity index (χ0n) is 13.3. The number of nitrogens with two attached hydrogens (primary N) is 1. The molecule has 0 saturated carbocycles. The molecule has 0 spiro atoms. The van der Waals surface area contributed by atoms with Crippen LogP contribution in [-0.2, 0) is 11.2 Å². The van der Waals surface area contributed by atoms with Gasteiger partial charge in [-0.25, -0.2) is 4.79 Å². The SMILES string of the molecule is Cc1cc(=O)oc2cc(NC(=O)[C@@H](N)Cc3ccccc3)ccc12. The van der Waals surface area contributed by atoms with Crippen molar-refractivity contribution in [3.05, 3.63) is 76.1 Å². The number of rotatable bonds is 4. The number of hydrogen-bond acceptors (Lipinski definition) is 4. The van der Waals surface area contributed by atoms with Crippen molar-refractivity contribution in [2.24, 2.45) is 5.73 Å². The maximum absolute atomic E-state index is 12.3. The Hall–Kier alpha value is -2.92. The van der Waals surface area contributed by atoms with E-state index < -0.39 is 11.7 Å². The molecule has 3 N–H and O–H groups in total. The van der Waals surface area contributed by atoms with E-state index in [2.05, 4.69) is 5.32 Å². The molecule has 0 radical (unpaired) electrons. The van der Waals surface area contributed by atoms with Gasteiger partial charge in [0.05, 0.1) is 6.04 Å². The number of hydrogen-bond donors (Lipinski definition) is 2. The zero-order chi connectivity index (χ0) is 17.1. The topological polar surface area (TPSA) is 85.3 Å². The number of anilines is 1. The van der Waals surface area contributed by atoms with E-state index in [0.717, 1.165) is 16.5 Å². The van der Waals surface area contributed by atoms with Crippen LogP contribution in [0.3, 0.4) is 0 Å². The molecule has 0 fully saturated rings. The van der Waals surface area contributed by atoms with Crippen molar-refractivity contribution >= 4 is 22.6 Å². The van der Waals surface area contributed by atoms with Crippen molar-refractivity contribution in [3.63, 3.8) is 0 Å². The minimum Gasteiger partial charge on any atom is -0.423 e. The summed E-state index contributed by atoms with van der Waals surface area (Å²) in [6, 6.07) is 15.6. The Morgan fingerprint density at radius 3 is 2.67 bits per heavy atom. The Morgan fingerprint density at radius 2 is 1.92 bits per heavy atom. The standard InChI is InChI=1S/C19H18N2O3/c1-12-9-18(22)24-17-11-14(7-8-15(12)17)21-19(23)16(20)10-13-5-3-2-4-6-13/h2-9,11,16H,10,20H2,1H3,(H,21,23)/t16-/m0/s1. The molecular weight excluding hydrogens is 304 g/mol. The number of nitrogens with one attached hydrogen (secondary N) is 1. The second kappa shape index (κ2) is 6.68. The Morgan fingerprint density at radius 1 is 1.17 bits per heavy atom. The highest BCUT2D eigenvalue weighted by Crippen LogP contribution is 2.20. The first-order valence-corrected chi connectivity index (χ1v) is 7.68. The minimum atomic E-state index is -0.660. The predicted octanol–water partition coefficient (Wildman–Crippen LogP) is 2.61. The van der Waals surface area contributed by atoms with E-state index in [-0.39, 0.29) is 5.91 Å². The van der Waals surface area contributed by atoms with Crippen molar-refractivity contribution in [1.82, 2.24) is 0 Å². The number of benzene rings is 2. The molecule has 1 heterocycles. The summed E-state index contributed by atoms with van der Waals surface area (Å²) in [5, 5.41) is 3.60. The molecule has 5 heteroatoms. The molecule has 0 unspecified atom stereocenters. The van der Waals surface area contributed by atoms with Crippen molar-refractivity contribution < 1.29 is 9.21 Å². The van der Waals surface area contributed by atoms with Crippen LogP contribution in [-0.4, -0.2) is 11.9 Å². The smallest absolute Gasteiger partial charge is 0.336 e. The molecule has 0 saturated heterocycles. The lowest BCUT2D eigenvalue weighted by atomic mass is 10.1. The zero-order valence-corrected chi connectivity index (χ0v) is 13.3. The van der Waals surface area contributed by atoms with Gasteiger partial charge in [-0.1, -0.05) is 30.3 Å². The number of carbonyl (C=O) groups excluding carboxylic acids is 1. The van der Waals surface area contributed by atoms with Crippen LogP contribution in [0.2, 0.25) is 0 Å². The molecule has 0 bridgehead atoms. The van der Waals surface area contributed by atoms with E-state index in [1.54, 1.807) is 12.1 Å². The maximum atomic E-state index is 12.3. The molecule has 24 heavy (non-hydrogen) atoms. The van der Waals surface area contributed by atoms with Crippen LogP contribution in [0.4, 0.5) is 5.69 Å². The monoisotopic (exact) mass is 322 g/mol. The number of fused-ring (bicyclic) bond motifs is 1. The van der Waals surface area contributed by atoms with E-state index in [4.69, 9.17) is 10.2 Å². The predicted molar refractivity (Wildman–Crippen MR) is 94.0 cm³/mol. The van der Waals surface area contributed by atoms with Gasteiger partial charge < -0.3 is 15.5 Å². The summed E-state index contributed by atoms with van der Waals surface area (Å²) in [6.45, 7) is 1.84. The van der Waals surface area contributed by atoms with Gasteiger partial charge in [-0.3, -0.25) is 4.79 Å². The van der Waals surface area contributed by atoms with E-state index in [9.17, 15) is 9.59 Å². The third-order valence-corrected chi connectivity index (χ3v) is 3.85. The van der Waals surface area contributed by atoms with E-state index in [0.29, 0.717) is 17.7 Å². The van der Waals surface area contributed by atoms with Gasteiger partial charge in [-0.15, -0.1) is 0 Å². The normalized spacial score (nSPS) is 12.1. The van der Waals surface area contributed by atoms with Crippen molar-refractivity contribution in [2.75, 3.05) is 5.32 Å². The van der Waals surface area contributed by atoms with E-state index in [1.165, 1.54) is 6.07 Å². The molecule has 1 aromatic heterocycles. The summed E-state index contributed by atoms with van der Waals surface area (Å²) < 4.78 is 5.18. The van der Waals surface area contributed by atoms with Crippen LogP contribution >= 0.6 is 0 Å². The van der Waals surface area contributed by atoms with Gasteiger partial charge in [0, 0.05) is 23.2 Å². The number of aryl methyl sites for hydroxylation is 1. The third-order valence-electron chi connectivity index (χ3n) is 3.85. The van der Waals surface area contributed by atoms with Gasteiger partial charge in [0.25, 0.3) is 0 Å². The fourth-order valence-electron chi connectivity index (χ4n) is 2.60. The minimum absolute atomic E-state index is 0.284. The molecule has 0 aliphatic heterocycles. The van der Waals surface area contributed by atoms with Crippen LogP contribution in [0.5, 0.6) is 0 Å². The van der Waals surface area contributed by atoms with Crippen molar-refractivity contribution in [1.29, 1.82) is 0 Å². The van der Waals surface area contributed by atoms with Gasteiger partial charge in [-0.2, -0.15) is 0 Å². The first-order chi connectivity index (χ1) is 11.5. The summed E-state index contributed by atoms with van der Waals surface area (Å²) in [7, 11) is 0. The molecule has 3 rings (SSSR count). The Balaban J connectivity index is 1.76. The molecule has 122 valence electrons. The van der Waals surface area contributed by atoms with Gasteiger partial charge in [-0.05, 0) is 36.6 Å². The highest BCUT2D eigenvalue weighted by molar-refractivity contribution is 5.96. The van der Waals surface area contributed by atoms with Crippen LogP contribution in [0.25, 0.3) is 11.0 Å². The van der Waals surface area contributed by atoms with E-state index in [1.807, 2.05) is 43.3 Å². The molecule has 0 aliphatic rings. The summed E-state index contributed by atoms with van der Waals surface area (Å²) in [4.78, 5) is 23.7. The highest BCUT2D eigenvalue weighted by Gasteiger charge is 2.14. The van der Waals surface area contributed by atoms with Crippen LogP contribution in [0, 0.1) is 6.92 Å². The van der Waals surface area contributed by atoms with Gasteiger partial charge in [0.2, 0.25) is 5.91 Å². The summed E-state index contributed by atoms with van der Waals surface area (Å²) >= 11 is 0. The third kappa shape index (κ3) is 3.52. The first-order valence-electron chi connectivity index (χ1n) is 7.68. The molecule has 1 amide bonds. The van der Waals surface area contributed by atoms with E-state index >= 15 is 0 Å². The molecule has 0 aliphatic carbocycles. The lowest BCUT2D eigenvalue weighted by Crippen LogP contribution is -2.37. The Labute approximate surface area is 139 Å². The second-order valence-electron chi connectivity index (χ2n) is 5.74. The molecular formula is C19H18N2O3. The van der Waals surface area contributed by atoms with Crippen molar-refractivity contribution in [2.45, 2.75) is 19.4 Å². The number of carbonyl (C=O) groups is 1. The summed E-state index contributed by atoms with van der Waals surface area (Å²) in [5.41, 5.74) is 8.38. The van der Waals surface area contributed by atoms with Gasteiger partial charge in [0.1, 0.15) is 5.58 Å².